The van der Waals surface area contributed by atoms with Gasteiger partial charge in [-0.2, -0.15) is 5.26 Å². The molecule has 1 N–H and O–H groups in total. The normalized spacial score (nSPS) is 10.7. The third-order valence-electron chi connectivity index (χ3n) is 3.63. The summed E-state index contributed by atoms with van der Waals surface area (Å²) >= 11 is 1.49. The number of aryl methyl sites for hydroxylation is 2. The molecule has 0 aliphatic rings. The molecule has 0 aliphatic carbocycles. The summed E-state index contributed by atoms with van der Waals surface area (Å²) in [6, 6.07) is 8.18. The fourth-order valence-electron chi connectivity index (χ4n) is 2.50. The van der Waals surface area contributed by atoms with Gasteiger partial charge in [0.2, 0.25) is 5.88 Å². The molecular weight excluding hydrogens is 310 g/mol. The Morgan fingerprint density at radius 1 is 1.48 bits per heavy atom. The first-order chi connectivity index (χ1) is 11.0. The van der Waals surface area contributed by atoms with Gasteiger partial charge in [-0.05, 0) is 38.0 Å². The molecule has 0 fully saturated rings. The second-order valence-corrected chi connectivity index (χ2v) is 6.24. The number of furan rings is 1. The van der Waals surface area contributed by atoms with Gasteiger partial charge in [0.1, 0.15) is 17.4 Å². The number of carbonyl (C=O) groups excluding carboxylic acids is 1. The Bertz CT molecular complexity index is 947. The molecule has 0 saturated carbocycles. The smallest absolute Gasteiger partial charge is 0.217 e. The van der Waals surface area contributed by atoms with Crippen LogP contribution in [-0.2, 0) is 6.42 Å². The van der Waals surface area contributed by atoms with Gasteiger partial charge >= 0.3 is 0 Å². The second kappa shape index (κ2) is 5.86. The summed E-state index contributed by atoms with van der Waals surface area (Å²) in [5.74, 6) is 0.517. The summed E-state index contributed by atoms with van der Waals surface area (Å²) in [7, 11) is 0. The van der Waals surface area contributed by atoms with E-state index in [-0.39, 0.29) is 17.2 Å². The summed E-state index contributed by atoms with van der Waals surface area (Å²) < 4.78 is 6.62. The number of nitrogens with one attached hydrogen (secondary N) is 1. The van der Waals surface area contributed by atoms with E-state index in [4.69, 9.17) is 4.42 Å². The van der Waals surface area contributed by atoms with Crippen molar-refractivity contribution >= 4 is 38.4 Å². The van der Waals surface area contributed by atoms with E-state index in [1.54, 1.807) is 6.92 Å². The molecule has 23 heavy (non-hydrogen) atoms. The van der Waals surface area contributed by atoms with Crippen LogP contribution in [0.1, 0.15) is 41.1 Å². The Hall–Kier alpha value is -2.65. The highest BCUT2D eigenvalue weighted by atomic mass is 32.1. The number of carbonyl (C=O) groups is 1. The number of ketones is 1. The molecule has 3 rings (SSSR count). The summed E-state index contributed by atoms with van der Waals surface area (Å²) in [6.45, 7) is 5.20. The van der Waals surface area contributed by atoms with Crippen LogP contribution in [0.25, 0.3) is 10.2 Å². The van der Waals surface area contributed by atoms with E-state index >= 15 is 0 Å². The predicted octanol–water partition coefficient (Wildman–Crippen LogP) is 4.58. The summed E-state index contributed by atoms with van der Waals surface area (Å²) in [6.07, 6.45) is 0.967. The van der Waals surface area contributed by atoms with Crippen molar-refractivity contribution < 1.29 is 9.21 Å². The van der Waals surface area contributed by atoms with Crippen LogP contribution in [0.4, 0.5) is 11.0 Å². The Balaban J connectivity index is 2.01. The molecule has 1 aromatic carbocycles. The summed E-state index contributed by atoms with van der Waals surface area (Å²) in [4.78, 5) is 16.2. The van der Waals surface area contributed by atoms with Gasteiger partial charge in [-0.1, -0.05) is 24.3 Å². The number of Topliss-reactive ketones (excluding diaryl/α,β-unsaturated/α-hetero) is 1. The maximum absolute atomic E-state index is 11.7. The number of hydrogen-bond donors (Lipinski definition) is 1. The second-order valence-electron chi connectivity index (χ2n) is 5.21. The van der Waals surface area contributed by atoms with Gasteiger partial charge in [-0.25, -0.2) is 4.98 Å². The van der Waals surface area contributed by atoms with Crippen molar-refractivity contribution in [3.8, 4) is 6.07 Å². The van der Waals surface area contributed by atoms with E-state index in [0.29, 0.717) is 16.5 Å². The van der Waals surface area contributed by atoms with Gasteiger partial charge in [0.25, 0.3) is 0 Å². The lowest BCUT2D eigenvalue weighted by molar-refractivity contribution is 0.101. The van der Waals surface area contributed by atoms with Crippen molar-refractivity contribution in [3.63, 3.8) is 0 Å². The van der Waals surface area contributed by atoms with Crippen molar-refractivity contribution in [2.75, 3.05) is 5.32 Å². The first-order valence-electron chi connectivity index (χ1n) is 7.24. The predicted molar refractivity (Wildman–Crippen MR) is 90.4 cm³/mol. The highest BCUT2D eigenvalue weighted by Gasteiger charge is 2.21. The first kappa shape index (κ1) is 15.3. The van der Waals surface area contributed by atoms with E-state index in [9.17, 15) is 10.1 Å². The first-order valence-corrected chi connectivity index (χ1v) is 8.06. The van der Waals surface area contributed by atoms with Gasteiger partial charge < -0.3 is 9.73 Å². The summed E-state index contributed by atoms with van der Waals surface area (Å²) in [5.41, 5.74) is 2.69. The molecule has 0 bridgehead atoms. The van der Waals surface area contributed by atoms with Crippen LogP contribution in [0.3, 0.4) is 0 Å². The average Bonchev–Trinajstić information content (AvgIpc) is 3.06. The average molecular weight is 325 g/mol. The Kier molecular flexibility index (Phi) is 3.89. The van der Waals surface area contributed by atoms with Crippen LogP contribution < -0.4 is 5.32 Å². The molecule has 0 amide bonds. The number of nitrogens with zero attached hydrogens (tertiary/aromatic N) is 2. The fraction of sp³-hybridized carbons (Fsp3) is 0.235. The van der Waals surface area contributed by atoms with Gasteiger partial charge in [0.15, 0.2) is 10.9 Å². The van der Waals surface area contributed by atoms with Crippen LogP contribution in [0.15, 0.2) is 22.6 Å². The lowest BCUT2D eigenvalue weighted by Crippen LogP contribution is -1.96. The minimum Gasteiger partial charge on any atom is -0.443 e. The topological polar surface area (TPSA) is 78.9 Å². The molecule has 0 saturated heterocycles. The van der Waals surface area contributed by atoms with Crippen molar-refractivity contribution in [2.45, 2.75) is 27.2 Å². The maximum Gasteiger partial charge on any atom is 0.217 e. The van der Waals surface area contributed by atoms with E-state index in [1.165, 1.54) is 23.8 Å². The highest BCUT2D eigenvalue weighted by Crippen LogP contribution is 2.33. The number of benzene rings is 1. The highest BCUT2D eigenvalue weighted by molar-refractivity contribution is 7.22. The van der Waals surface area contributed by atoms with Crippen molar-refractivity contribution in [1.29, 1.82) is 5.26 Å². The van der Waals surface area contributed by atoms with E-state index in [1.807, 2.05) is 12.1 Å². The lowest BCUT2D eigenvalue weighted by Gasteiger charge is -1.97. The maximum atomic E-state index is 11.7. The van der Waals surface area contributed by atoms with Gasteiger partial charge in [-0.3, -0.25) is 4.79 Å². The molecule has 3 aromatic rings. The number of nitriles is 1. The number of fused-ring (bicyclic) bond motifs is 1. The largest absolute Gasteiger partial charge is 0.443 e. The zero-order chi connectivity index (χ0) is 16.6. The molecular formula is C17H15N3O2S. The van der Waals surface area contributed by atoms with Crippen molar-refractivity contribution in [3.05, 3.63) is 40.6 Å². The van der Waals surface area contributed by atoms with E-state index < -0.39 is 0 Å². The number of rotatable bonds is 4. The van der Waals surface area contributed by atoms with Crippen molar-refractivity contribution in [2.24, 2.45) is 0 Å². The minimum absolute atomic E-state index is 0.187. The fourth-order valence-corrected chi connectivity index (χ4v) is 3.43. The molecule has 0 aliphatic heterocycles. The Labute approximate surface area is 137 Å². The third-order valence-corrected chi connectivity index (χ3v) is 4.56. The standard InChI is InChI=1S/C17H15N3O2S/c1-4-11-5-6-13-14(7-11)23-17(19-13)20-16-12(8-18)15(9(2)21)10(3)22-16/h5-7H,4H2,1-3H3,(H,19,20). The number of hydrogen-bond acceptors (Lipinski definition) is 6. The van der Waals surface area contributed by atoms with Crippen molar-refractivity contribution in [1.82, 2.24) is 4.98 Å². The molecule has 0 radical (unpaired) electrons. The Morgan fingerprint density at radius 2 is 2.26 bits per heavy atom. The quantitative estimate of drug-likeness (QED) is 0.710. The van der Waals surface area contributed by atoms with Crippen LogP contribution in [0, 0.1) is 18.3 Å². The van der Waals surface area contributed by atoms with Gasteiger partial charge in [0, 0.05) is 0 Å². The third kappa shape index (κ3) is 2.71. The van der Waals surface area contributed by atoms with Crippen LogP contribution in [-0.4, -0.2) is 10.8 Å². The molecule has 5 nitrogen and oxygen atoms in total. The molecule has 0 spiro atoms. The van der Waals surface area contributed by atoms with Crippen LogP contribution in [0.5, 0.6) is 0 Å². The lowest BCUT2D eigenvalue weighted by atomic mass is 10.1. The molecule has 2 aromatic heterocycles. The Morgan fingerprint density at radius 3 is 2.91 bits per heavy atom. The van der Waals surface area contributed by atoms with E-state index in [2.05, 4.69) is 29.4 Å². The van der Waals surface area contributed by atoms with Gasteiger partial charge in [0.05, 0.1) is 15.8 Å². The van der Waals surface area contributed by atoms with E-state index in [0.717, 1.165) is 16.6 Å². The van der Waals surface area contributed by atoms with Crippen LogP contribution >= 0.6 is 11.3 Å². The molecule has 2 heterocycles. The van der Waals surface area contributed by atoms with Crippen LogP contribution in [0.2, 0.25) is 0 Å². The number of aromatic nitrogens is 1. The zero-order valence-electron chi connectivity index (χ0n) is 13.1. The SMILES string of the molecule is CCc1ccc2nc(Nc3oc(C)c(C(C)=O)c3C#N)sc2c1. The van der Waals surface area contributed by atoms with Gasteiger partial charge in [-0.15, -0.1) is 0 Å². The molecule has 0 unspecified atom stereocenters. The molecule has 0 atom stereocenters. The number of anilines is 2. The molecule has 116 valence electrons. The number of thiazole rings is 1. The zero-order valence-corrected chi connectivity index (χ0v) is 13.9. The molecule has 6 heteroatoms. The summed E-state index contributed by atoms with van der Waals surface area (Å²) in [5, 5.41) is 13.0. The monoisotopic (exact) mass is 325 g/mol. The minimum atomic E-state index is -0.187.